The number of aliphatic hydroxyl groups excluding tert-OH is 2. The third-order valence-corrected chi connectivity index (χ3v) is 9.03. The lowest BCUT2D eigenvalue weighted by atomic mass is 9.90. The molecule has 1 aliphatic heterocycles. The summed E-state index contributed by atoms with van der Waals surface area (Å²) in [5, 5.41) is 44.8. The second-order valence-corrected chi connectivity index (χ2v) is 13.5. The van der Waals surface area contributed by atoms with Crippen LogP contribution in [0.25, 0.3) is 0 Å². The van der Waals surface area contributed by atoms with Crippen molar-refractivity contribution < 1.29 is 25.2 Å². The number of rotatable bonds is 10. The third kappa shape index (κ3) is 7.85. The molecule has 46 heavy (non-hydrogen) atoms. The van der Waals surface area contributed by atoms with E-state index in [1.807, 2.05) is 109 Å². The smallest absolute Gasteiger partial charge is 0.321 e. The van der Waals surface area contributed by atoms with Gasteiger partial charge in [-0.2, -0.15) is 0 Å². The lowest BCUT2D eigenvalue weighted by Crippen LogP contribution is -2.50. The summed E-state index contributed by atoms with van der Waals surface area (Å²) in [6, 6.07) is 32.8. The van der Waals surface area contributed by atoms with Gasteiger partial charge in [-0.1, -0.05) is 109 Å². The summed E-state index contributed by atoms with van der Waals surface area (Å²) in [6.45, 7) is 7.33. The fraction of sp³-hybridized carbons (Fsp3) is 0.359. The van der Waals surface area contributed by atoms with E-state index in [4.69, 9.17) is 0 Å². The zero-order valence-corrected chi connectivity index (χ0v) is 27.1. The molecule has 4 atom stereocenters. The third-order valence-electron chi connectivity index (χ3n) is 9.03. The van der Waals surface area contributed by atoms with Crippen molar-refractivity contribution in [2.75, 3.05) is 0 Å². The van der Waals surface area contributed by atoms with Crippen LogP contribution < -0.4 is 0 Å². The average molecular weight is 623 g/mol. The van der Waals surface area contributed by atoms with Crippen LogP contribution in [0.5, 0.6) is 0 Å². The first kappa shape index (κ1) is 33.4. The molecule has 4 N–H and O–H groups in total. The molecule has 7 heteroatoms. The summed E-state index contributed by atoms with van der Waals surface area (Å²) in [5.41, 5.74) is 3.09. The van der Waals surface area contributed by atoms with Crippen molar-refractivity contribution in [3.8, 4) is 0 Å². The highest BCUT2D eigenvalue weighted by Gasteiger charge is 2.46. The Morgan fingerprint density at radius 3 is 1.15 bits per heavy atom. The van der Waals surface area contributed by atoms with E-state index in [1.165, 1.54) is 0 Å². The minimum atomic E-state index is -1.23. The van der Waals surface area contributed by atoms with E-state index in [-0.39, 0.29) is 19.1 Å². The Hall–Kier alpha value is -4.01. The van der Waals surface area contributed by atoms with Crippen LogP contribution in [0.2, 0.25) is 0 Å². The molecule has 0 aromatic heterocycles. The molecule has 1 aliphatic rings. The van der Waals surface area contributed by atoms with Crippen LogP contribution in [0.15, 0.2) is 109 Å². The zero-order chi connectivity index (χ0) is 33.1. The van der Waals surface area contributed by atoms with Gasteiger partial charge in [0, 0.05) is 13.1 Å². The number of aliphatic hydroxyl groups is 4. The molecule has 4 aromatic rings. The Balaban J connectivity index is 1.57. The molecular weight excluding hydrogens is 576 g/mol. The highest BCUT2D eigenvalue weighted by molar-refractivity contribution is 5.76. The molecule has 1 saturated heterocycles. The number of hydrogen-bond acceptors (Lipinski definition) is 5. The van der Waals surface area contributed by atoms with Crippen molar-refractivity contribution >= 4 is 6.03 Å². The first-order chi connectivity index (χ1) is 21.8. The van der Waals surface area contributed by atoms with Crippen LogP contribution in [0.4, 0.5) is 4.79 Å². The van der Waals surface area contributed by atoms with E-state index in [0.717, 1.165) is 33.4 Å². The Morgan fingerprint density at radius 1 is 0.522 bits per heavy atom. The molecule has 7 nitrogen and oxygen atoms in total. The second-order valence-electron chi connectivity index (χ2n) is 13.5. The second kappa shape index (κ2) is 13.8. The highest BCUT2D eigenvalue weighted by atomic mass is 16.3. The monoisotopic (exact) mass is 622 g/mol. The molecule has 0 bridgehead atoms. The van der Waals surface area contributed by atoms with Crippen molar-refractivity contribution in [1.29, 1.82) is 0 Å². The highest BCUT2D eigenvalue weighted by Crippen LogP contribution is 2.31. The van der Waals surface area contributed by atoms with Gasteiger partial charge in [-0.05, 0) is 73.9 Å². The van der Waals surface area contributed by atoms with Crippen LogP contribution in [-0.2, 0) is 37.1 Å². The summed E-state index contributed by atoms with van der Waals surface area (Å²) >= 11 is 0. The number of amides is 2. The SMILES string of the molecule is CC(C)(O)c1ccc(CN2C(=O)N(Cc3ccc(C(C)(C)O)cc3)[C@H](Cc3ccccc3)[C@H](O)[C@@H](O)[C@H]2Cc2ccccc2)cc1. The van der Waals surface area contributed by atoms with Crippen molar-refractivity contribution in [3.05, 3.63) is 143 Å². The van der Waals surface area contributed by atoms with Gasteiger partial charge in [0.25, 0.3) is 0 Å². The minimum absolute atomic E-state index is 0.207. The van der Waals surface area contributed by atoms with E-state index in [2.05, 4.69) is 0 Å². The predicted octanol–water partition coefficient (Wildman–Crippen LogP) is 5.52. The molecule has 0 saturated carbocycles. The van der Waals surface area contributed by atoms with Crippen LogP contribution in [0, 0.1) is 0 Å². The van der Waals surface area contributed by atoms with Crippen LogP contribution in [0.3, 0.4) is 0 Å². The summed E-state index contributed by atoms with van der Waals surface area (Å²) in [7, 11) is 0. The summed E-state index contributed by atoms with van der Waals surface area (Å²) in [6.07, 6.45) is -1.73. The number of nitrogens with zero attached hydrogens (tertiary/aromatic N) is 2. The molecule has 4 aromatic carbocycles. The normalized spacial score (nSPS) is 20.9. The maximum atomic E-state index is 14.8. The Kier molecular flexibility index (Phi) is 9.99. The molecule has 0 spiro atoms. The molecule has 1 heterocycles. The fourth-order valence-electron chi connectivity index (χ4n) is 6.24. The van der Waals surface area contributed by atoms with Crippen molar-refractivity contribution in [3.63, 3.8) is 0 Å². The van der Waals surface area contributed by atoms with E-state index in [9.17, 15) is 25.2 Å². The summed E-state index contributed by atoms with van der Waals surface area (Å²) < 4.78 is 0. The maximum Gasteiger partial charge on any atom is 0.321 e. The minimum Gasteiger partial charge on any atom is -0.388 e. The molecule has 0 unspecified atom stereocenters. The standard InChI is InChI=1S/C39H46N2O5/c1-38(2,45)31-19-15-29(16-20-31)25-40-33(23-27-11-7-5-8-12-27)35(42)36(43)34(24-28-13-9-6-10-14-28)41(37(40)44)26-30-17-21-32(22-18-30)39(3,4)46/h5-22,33-36,42-43,45-46H,23-26H2,1-4H3/t33-,34-,35+,36+/m1/s1. The van der Waals surface area contributed by atoms with E-state index in [0.29, 0.717) is 12.8 Å². The van der Waals surface area contributed by atoms with Crippen LogP contribution in [-0.4, -0.2) is 60.5 Å². The number of urea groups is 1. The molecule has 5 rings (SSSR count). The maximum absolute atomic E-state index is 14.8. The van der Waals surface area contributed by atoms with Crippen molar-refractivity contribution in [2.45, 2.75) is 89.1 Å². The first-order valence-corrected chi connectivity index (χ1v) is 16.0. The first-order valence-electron chi connectivity index (χ1n) is 16.0. The number of carbonyl (C=O) groups excluding carboxylic acids is 1. The van der Waals surface area contributed by atoms with Gasteiger partial charge in [0.05, 0.1) is 23.3 Å². The Labute approximate surface area is 272 Å². The van der Waals surface area contributed by atoms with Crippen LogP contribution in [0.1, 0.15) is 61.1 Å². The molecule has 0 aliphatic carbocycles. The molecule has 0 radical (unpaired) electrons. The zero-order valence-electron chi connectivity index (χ0n) is 27.1. The van der Waals surface area contributed by atoms with Gasteiger partial charge in [0.15, 0.2) is 0 Å². The van der Waals surface area contributed by atoms with Gasteiger partial charge in [-0.15, -0.1) is 0 Å². The number of carbonyl (C=O) groups is 1. The summed E-state index contributed by atoms with van der Waals surface area (Å²) in [5.74, 6) is 0. The van der Waals surface area contributed by atoms with E-state index >= 15 is 0 Å². The number of benzene rings is 4. The van der Waals surface area contributed by atoms with Crippen LogP contribution >= 0.6 is 0 Å². The topological polar surface area (TPSA) is 104 Å². The number of hydrogen-bond donors (Lipinski definition) is 4. The molecule has 1 fully saturated rings. The lowest BCUT2D eigenvalue weighted by molar-refractivity contribution is -0.0408. The van der Waals surface area contributed by atoms with E-state index < -0.39 is 35.5 Å². The molecule has 242 valence electrons. The van der Waals surface area contributed by atoms with Gasteiger partial charge in [0.1, 0.15) is 12.2 Å². The van der Waals surface area contributed by atoms with Gasteiger partial charge in [0.2, 0.25) is 0 Å². The van der Waals surface area contributed by atoms with Gasteiger partial charge in [-0.25, -0.2) is 4.79 Å². The Morgan fingerprint density at radius 2 is 0.848 bits per heavy atom. The van der Waals surface area contributed by atoms with Gasteiger partial charge in [-0.3, -0.25) is 0 Å². The van der Waals surface area contributed by atoms with Crippen molar-refractivity contribution in [2.24, 2.45) is 0 Å². The lowest BCUT2D eigenvalue weighted by Gasteiger charge is -2.36. The van der Waals surface area contributed by atoms with Gasteiger partial charge < -0.3 is 30.2 Å². The van der Waals surface area contributed by atoms with Gasteiger partial charge >= 0.3 is 6.03 Å². The predicted molar refractivity (Wildman–Crippen MR) is 180 cm³/mol. The van der Waals surface area contributed by atoms with Crippen molar-refractivity contribution in [1.82, 2.24) is 9.80 Å². The van der Waals surface area contributed by atoms with E-state index in [1.54, 1.807) is 37.5 Å². The quantitative estimate of drug-likeness (QED) is 0.186. The fourth-order valence-corrected chi connectivity index (χ4v) is 6.24. The average Bonchev–Trinajstić information content (AvgIpc) is 3.09. The molecule has 2 amide bonds. The largest absolute Gasteiger partial charge is 0.388 e. The molecular formula is C39H46N2O5. The summed E-state index contributed by atoms with van der Waals surface area (Å²) in [4.78, 5) is 18.2. The Bertz CT molecular complexity index is 1440.